The van der Waals surface area contributed by atoms with Crippen LogP contribution in [0, 0.1) is 17.8 Å². The molecule has 0 amide bonds. The van der Waals surface area contributed by atoms with Crippen LogP contribution in [0.3, 0.4) is 0 Å². The van der Waals surface area contributed by atoms with E-state index in [0.29, 0.717) is 13.2 Å². The molecule has 1 aliphatic heterocycles. The highest BCUT2D eigenvalue weighted by Gasteiger charge is 2.56. The lowest BCUT2D eigenvalue weighted by Gasteiger charge is -2.45. The van der Waals surface area contributed by atoms with E-state index in [9.17, 15) is 4.79 Å². The van der Waals surface area contributed by atoms with E-state index in [2.05, 4.69) is 12.1 Å². The molecule has 142 valence electrons. The summed E-state index contributed by atoms with van der Waals surface area (Å²) in [6.07, 6.45) is 5.80. The smallest absolute Gasteiger partial charge is 0.192 e. The van der Waals surface area contributed by atoms with Crippen LogP contribution in [0.4, 0.5) is 0 Å². The molecule has 1 aromatic rings. The number of carbonyl (C=O) groups excluding carboxylic acids is 1. The minimum Gasteiger partial charge on any atom is -0.467 e. The zero-order valence-electron chi connectivity index (χ0n) is 15.7. The van der Waals surface area contributed by atoms with Crippen molar-refractivity contribution >= 4 is 11.4 Å². The summed E-state index contributed by atoms with van der Waals surface area (Å²) in [6.45, 7) is 3.26. The molecule has 0 aromatic heterocycles. The van der Waals surface area contributed by atoms with E-state index in [1.807, 2.05) is 25.1 Å². The topological polar surface area (TPSA) is 54.0 Å². The van der Waals surface area contributed by atoms with Crippen LogP contribution in [0.2, 0.25) is 0 Å². The molecule has 27 heavy (non-hydrogen) atoms. The third-order valence-electron chi connectivity index (χ3n) is 6.40. The highest BCUT2D eigenvalue weighted by atomic mass is 16.7. The van der Waals surface area contributed by atoms with E-state index in [-0.39, 0.29) is 30.3 Å². The van der Waals surface area contributed by atoms with Crippen molar-refractivity contribution in [1.29, 1.82) is 0 Å². The molecular formula is C22H24O5. The van der Waals surface area contributed by atoms with Crippen LogP contribution in [0.15, 0.2) is 35.9 Å². The standard InChI is InChI=1S/C22H24O5/c1-13-11-22(26-8-9-27-22)17-7-6-15-16(20(17)21(13)23)10-14-4-3-5-18(19(14)15)25-12-24-2/h3-6,11,16-17,20H,7-10,12H2,1-2H3/t16-,17+,20-/m1/s1. The number of allylic oxidation sites excluding steroid dienone is 3. The second-order valence-corrected chi connectivity index (χ2v) is 7.79. The number of fused-ring (bicyclic) bond motifs is 6. The Hall–Kier alpha value is -1.95. The van der Waals surface area contributed by atoms with Gasteiger partial charge >= 0.3 is 0 Å². The van der Waals surface area contributed by atoms with E-state index in [4.69, 9.17) is 18.9 Å². The first kappa shape index (κ1) is 17.2. The van der Waals surface area contributed by atoms with Gasteiger partial charge < -0.3 is 18.9 Å². The molecule has 0 unspecified atom stereocenters. The van der Waals surface area contributed by atoms with Crippen LogP contribution < -0.4 is 4.74 Å². The summed E-state index contributed by atoms with van der Waals surface area (Å²) in [5.74, 6) is 0.382. The van der Waals surface area contributed by atoms with Gasteiger partial charge in [-0.3, -0.25) is 4.79 Å². The van der Waals surface area contributed by atoms with Gasteiger partial charge in [0, 0.05) is 24.5 Å². The molecule has 1 saturated heterocycles. The minimum atomic E-state index is -0.741. The Kier molecular flexibility index (Phi) is 4.00. The van der Waals surface area contributed by atoms with E-state index in [0.717, 1.165) is 29.7 Å². The van der Waals surface area contributed by atoms with Crippen LogP contribution >= 0.6 is 0 Å². The van der Waals surface area contributed by atoms with Crippen LogP contribution in [0.5, 0.6) is 5.75 Å². The molecule has 0 N–H and O–H groups in total. The van der Waals surface area contributed by atoms with Gasteiger partial charge in [-0.05, 0) is 54.5 Å². The summed E-state index contributed by atoms with van der Waals surface area (Å²) in [5.41, 5.74) is 4.36. The highest BCUT2D eigenvalue weighted by molar-refractivity contribution is 6.00. The van der Waals surface area contributed by atoms with Gasteiger partial charge in [0.1, 0.15) is 5.75 Å². The SMILES string of the molecule is COCOc1cccc2c1C1=CC[C@H]3[C@H](C(=O)C(C)=CC34OCCO4)[C@@H]1C2. The zero-order chi connectivity index (χ0) is 18.6. The first-order valence-electron chi connectivity index (χ1n) is 9.60. The molecule has 5 nitrogen and oxygen atoms in total. The molecule has 1 fully saturated rings. The lowest BCUT2D eigenvalue weighted by atomic mass is 9.63. The van der Waals surface area contributed by atoms with Crippen LogP contribution in [-0.2, 0) is 25.4 Å². The van der Waals surface area contributed by atoms with E-state index in [1.54, 1.807) is 7.11 Å². The Morgan fingerprint density at radius 1 is 1.26 bits per heavy atom. The van der Waals surface area contributed by atoms with Crippen molar-refractivity contribution in [3.05, 3.63) is 47.1 Å². The Bertz CT molecular complexity index is 846. The normalized spacial score (nSPS) is 30.4. The van der Waals surface area contributed by atoms with Gasteiger partial charge in [0.15, 0.2) is 18.4 Å². The summed E-state index contributed by atoms with van der Waals surface area (Å²) >= 11 is 0. The maximum Gasteiger partial charge on any atom is 0.192 e. The van der Waals surface area contributed by atoms with Crippen molar-refractivity contribution in [3.63, 3.8) is 0 Å². The largest absolute Gasteiger partial charge is 0.467 e. The van der Waals surface area contributed by atoms with Crippen molar-refractivity contribution in [2.45, 2.75) is 25.6 Å². The van der Waals surface area contributed by atoms with Gasteiger partial charge in [-0.25, -0.2) is 0 Å². The van der Waals surface area contributed by atoms with Gasteiger partial charge in [0.25, 0.3) is 0 Å². The second kappa shape index (κ2) is 6.30. The Morgan fingerprint density at radius 3 is 2.85 bits per heavy atom. The number of Topliss-reactive ketones (excluding diaryl/α,β-unsaturated/α-hetero) is 1. The average Bonchev–Trinajstić information content (AvgIpc) is 3.29. The van der Waals surface area contributed by atoms with Crippen LogP contribution in [-0.4, -0.2) is 38.7 Å². The predicted molar refractivity (Wildman–Crippen MR) is 99.1 cm³/mol. The van der Waals surface area contributed by atoms with Crippen molar-refractivity contribution in [2.24, 2.45) is 17.8 Å². The van der Waals surface area contributed by atoms with Gasteiger partial charge in [-0.15, -0.1) is 0 Å². The number of hydrogen-bond donors (Lipinski definition) is 0. The zero-order valence-corrected chi connectivity index (χ0v) is 15.7. The number of hydrogen-bond acceptors (Lipinski definition) is 5. The summed E-state index contributed by atoms with van der Waals surface area (Å²) in [6, 6.07) is 6.13. The number of methoxy groups -OCH3 is 1. The lowest BCUT2D eigenvalue weighted by Crippen LogP contribution is -2.51. The molecule has 3 atom stereocenters. The summed E-state index contributed by atoms with van der Waals surface area (Å²) in [4.78, 5) is 13.2. The maximum atomic E-state index is 13.2. The number of benzene rings is 1. The second-order valence-electron chi connectivity index (χ2n) is 7.79. The summed E-state index contributed by atoms with van der Waals surface area (Å²) in [5, 5.41) is 0. The molecule has 3 aliphatic carbocycles. The monoisotopic (exact) mass is 368 g/mol. The van der Waals surface area contributed by atoms with Crippen LogP contribution in [0.25, 0.3) is 5.57 Å². The predicted octanol–water partition coefficient (Wildman–Crippen LogP) is 3.13. The molecule has 0 bridgehead atoms. The van der Waals surface area contributed by atoms with Gasteiger partial charge in [-0.2, -0.15) is 0 Å². The number of ketones is 1. The molecule has 0 radical (unpaired) electrons. The van der Waals surface area contributed by atoms with Crippen molar-refractivity contribution in [2.75, 3.05) is 27.1 Å². The number of ether oxygens (including phenoxy) is 4. The summed E-state index contributed by atoms with van der Waals surface area (Å²) in [7, 11) is 1.62. The average molecular weight is 368 g/mol. The molecule has 1 aromatic carbocycles. The molecule has 4 aliphatic rings. The fraction of sp³-hybridized carbons (Fsp3) is 0.500. The Balaban J connectivity index is 1.57. The van der Waals surface area contributed by atoms with Crippen molar-refractivity contribution in [1.82, 2.24) is 0 Å². The minimum absolute atomic E-state index is 0.0302. The van der Waals surface area contributed by atoms with Gasteiger partial charge in [0.2, 0.25) is 0 Å². The molecular weight excluding hydrogens is 344 g/mol. The molecule has 1 heterocycles. The third kappa shape index (κ3) is 2.45. The van der Waals surface area contributed by atoms with Gasteiger partial charge in [-0.1, -0.05) is 18.2 Å². The van der Waals surface area contributed by atoms with Crippen molar-refractivity contribution < 1.29 is 23.7 Å². The third-order valence-corrected chi connectivity index (χ3v) is 6.40. The lowest BCUT2D eigenvalue weighted by molar-refractivity contribution is -0.182. The molecule has 5 heteroatoms. The molecule has 0 saturated carbocycles. The fourth-order valence-electron chi connectivity index (χ4n) is 5.37. The van der Waals surface area contributed by atoms with Gasteiger partial charge in [0.05, 0.1) is 13.2 Å². The molecule has 5 rings (SSSR count). The highest BCUT2D eigenvalue weighted by Crippen LogP contribution is 2.56. The number of rotatable bonds is 3. The number of carbonyl (C=O) groups is 1. The molecule has 1 spiro atoms. The van der Waals surface area contributed by atoms with E-state index >= 15 is 0 Å². The van der Waals surface area contributed by atoms with Crippen LogP contribution in [0.1, 0.15) is 24.5 Å². The Labute approximate surface area is 158 Å². The summed E-state index contributed by atoms with van der Waals surface area (Å²) < 4.78 is 23.0. The van der Waals surface area contributed by atoms with Crippen molar-refractivity contribution in [3.8, 4) is 5.75 Å². The first-order valence-corrected chi connectivity index (χ1v) is 9.60. The van der Waals surface area contributed by atoms with E-state index in [1.165, 1.54) is 11.1 Å². The quantitative estimate of drug-likeness (QED) is 0.768. The fourth-order valence-corrected chi connectivity index (χ4v) is 5.37. The maximum absolute atomic E-state index is 13.2. The Morgan fingerprint density at radius 2 is 2.07 bits per heavy atom. The van der Waals surface area contributed by atoms with E-state index < -0.39 is 5.79 Å². The first-order chi connectivity index (χ1) is 13.1.